The van der Waals surface area contributed by atoms with Gasteiger partial charge in [0.15, 0.2) is 11.0 Å². The van der Waals surface area contributed by atoms with E-state index in [9.17, 15) is 4.79 Å². The quantitative estimate of drug-likeness (QED) is 0.292. The lowest BCUT2D eigenvalue weighted by Crippen LogP contribution is -2.38. The summed E-state index contributed by atoms with van der Waals surface area (Å²) in [7, 11) is 0. The van der Waals surface area contributed by atoms with Crippen molar-refractivity contribution < 1.29 is 4.79 Å². The van der Waals surface area contributed by atoms with Gasteiger partial charge in [0.1, 0.15) is 10.7 Å². The van der Waals surface area contributed by atoms with Gasteiger partial charge in [-0.3, -0.25) is 14.3 Å². The van der Waals surface area contributed by atoms with Gasteiger partial charge in [-0.2, -0.15) is 0 Å². The summed E-state index contributed by atoms with van der Waals surface area (Å²) in [5, 5.41) is 13.1. The summed E-state index contributed by atoms with van der Waals surface area (Å²) >= 11 is 9.39. The highest BCUT2D eigenvalue weighted by Crippen LogP contribution is 2.32. The van der Waals surface area contributed by atoms with Crippen LogP contribution in [-0.4, -0.2) is 48.6 Å². The number of nitrogens with zero attached hydrogens (tertiary/aromatic N) is 6. The molecular weight excluding hydrogens is 500 g/mol. The van der Waals surface area contributed by atoms with E-state index in [0.717, 1.165) is 58.7 Å². The Morgan fingerprint density at radius 2 is 1.94 bits per heavy atom. The molecule has 4 heterocycles. The van der Waals surface area contributed by atoms with Gasteiger partial charge in [0.2, 0.25) is 0 Å². The molecule has 7 nitrogen and oxygen atoms in total. The normalized spacial score (nSPS) is 14.4. The fourth-order valence-corrected chi connectivity index (χ4v) is 5.96. The molecule has 1 amide bonds. The van der Waals surface area contributed by atoms with Crippen LogP contribution in [-0.2, 0) is 5.75 Å². The van der Waals surface area contributed by atoms with Gasteiger partial charge in [-0.1, -0.05) is 36.4 Å². The predicted octanol–water partition coefficient (Wildman–Crippen LogP) is 5.91. The molecule has 0 atom stereocenters. The average molecular weight is 525 g/mol. The van der Waals surface area contributed by atoms with E-state index in [1.54, 1.807) is 12.4 Å². The zero-order chi connectivity index (χ0) is 24.4. The number of benzene rings is 1. The van der Waals surface area contributed by atoms with E-state index in [1.165, 1.54) is 23.1 Å². The van der Waals surface area contributed by atoms with Crippen molar-refractivity contribution >= 4 is 40.6 Å². The summed E-state index contributed by atoms with van der Waals surface area (Å²) in [5.74, 6) is 2.01. The molecule has 5 rings (SSSR count). The van der Waals surface area contributed by atoms with Crippen molar-refractivity contribution in [1.82, 2.24) is 29.6 Å². The number of hydrogen-bond donors (Lipinski definition) is 0. The number of amides is 1. The summed E-state index contributed by atoms with van der Waals surface area (Å²) in [4.78, 5) is 23.6. The van der Waals surface area contributed by atoms with Gasteiger partial charge in [-0.15, -0.1) is 21.5 Å². The number of thioether (sulfide) groups is 1. The summed E-state index contributed by atoms with van der Waals surface area (Å²) in [6.07, 6.45) is 5.58. The van der Waals surface area contributed by atoms with E-state index < -0.39 is 0 Å². The molecule has 1 saturated heterocycles. The van der Waals surface area contributed by atoms with E-state index >= 15 is 0 Å². The molecule has 0 N–H and O–H groups in total. The van der Waals surface area contributed by atoms with Crippen LogP contribution in [0.4, 0.5) is 0 Å². The SMILES string of the molecule is Cc1ccc(Cl)cc1-n1c(SCc2nc(C(=O)N3CCC(C)CC3)cs2)nnc1-c1ccncc1. The predicted molar refractivity (Wildman–Crippen MR) is 140 cm³/mol. The number of piperidine rings is 1. The number of rotatable bonds is 6. The summed E-state index contributed by atoms with van der Waals surface area (Å²) < 4.78 is 2.02. The molecule has 4 aromatic rings. The average Bonchev–Trinajstić information content (AvgIpc) is 3.52. The molecule has 1 aliphatic rings. The molecule has 1 aromatic carbocycles. The zero-order valence-electron chi connectivity index (χ0n) is 19.5. The molecule has 0 unspecified atom stereocenters. The van der Waals surface area contributed by atoms with Crippen molar-refractivity contribution in [3.8, 4) is 17.1 Å². The zero-order valence-corrected chi connectivity index (χ0v) is 21.9. The van der Waals surface area contributed by atoms with E-state index in [4.69, 9.17) is 11.6 Å². The van der Waals surface area contributed by atoms with Crippen molar-refractivity contribution in [2.75, 3.05) is 13.1 Å². The van der Waals surface area contributed by atoms with Crippen LogP contribution in [0.3, 0.4) is 0 Å². The van der Waals surface area contributed by atoms with Gasteiger partial charge >= 0.3 is 0 Å². The van der Waals surface area contributed by atoms with Gasteiger partial charge in [0.05, 0.1) is 11.4 Å². The van der Waals surface area contributed by atoms with Crippen molar-refractivity contribution in [1.29, 1.82) is 0 Å². The van der Waals surface area contributed by atoms with E-state index in [0.29, 0.717) is 22.4 Å². The van der Waals surface area contributed by atoms with E-state index in [-0.39, 0.29) is 5.91 Å². The molecule has 0 spiro atoms. The van der Waals surface area contributed by atoms with Crippen LogP contribution in [0.2, 0.25) is 5.02 Å². The molecule has 1 fully saturated rings. The highest BCUT2D eigenvalue weighted by Gasteiger charge is 2.24. The van der Waals surface area contributed by atoms with Crippen LogP contribution in [0, 0.1) is 12.8 Å². The van der Waals surface area contributed by atoms with E-state index in [1.807, 2.05) is 52.1 Å². The van der Waals surface area contributed by atoms with Crippen LogP contribution in [0.15, 0.2) is 53.3 Å². The minimum absolute atomic E-state index is 0.0297. The van der Waals surface area contributed by atoms with Gasteiger partial charge in [-0.25, -0.2) is 4.98 Å². The summed E-state index contributed by atoms with van der Waals surface area (Å²) in [6.45, 7) is 5.89. The van der Waals surface area contributed by atoms with Crippen molar-refractivity contribution in [2.45, 2.75) is 37.6 Å². The first kappa shape index (κ1) is 24.0. The van der Waals surface area contributed by atoms with Gasteiger partial charge < -0.3 is 4.90 Å². The molecule has 1 aliphatic heterocycles. The Kier molecular flexibility index (Phi) is 7.17. The Bertz CT molecular complexity index is 1330. The summed E-state index contributed by atoms with van der Waals surface area (Å²) in [6, 6.07) is 9.61. The van der Waals surface area contributed by atoms with Crippen LogP contribution < -0.4 is 0 Å². The number of carbonyl (C=O) groups excluding carboxylic acids is 1. The third-order valence-electron chi connectivity index (χ3n) is 6.15. The lowest BCUT2D eigenvalue weighted by molar-refractivity contribution is 0.0692. The number of thiazole rings is 1. The number of likely N-dealkylation sites (tertiary alicyclic amines) is 1. The Hall–Kier alpha value is -2.75. The molecule has 0 bridgehead atoms. The number of hydrogen-bond acceptors (Lipinski definition) is 7. The maximum Gasteiger partial charge on any atom is 0.273 e. The fraction of sp³-hybridized carbons (Fsp3) is 0.320. The highest BCUT2D eigenvalue weighted by molar-refractivity contribution is 7.98. The molecular formula is C25H25ClN6OS2. The Morgan fingerprint density at radius 3 is 2.71 bits per heavy atom. The lowest BCUT2D eigenvalue weighted by Gasteiger charge is -2.29. The molecule has 3 aromatic heterocycles. The maximum absolute atomic E-state index is 12.9. The fourth-order valence-electron chi connectivity index (χ4n) is 4.07. The first-order valence-electron chi connectivity index (χ1n) is 11.5. The number of aromatic nitrogens is 5. The highest BCUT2D eigenvalue weighted by atomic mass is 35.5. The largest absolute Gasteiger partial charge is 0.337 e. The van der Waals surface area contributed by atoms with Crippen molar-refractivity contribution in [3.63, 3.8) is 0 Å². The van der Waals surface area contributed by atoms with Crippen LogP contribution in [0.5, 0.6) is 0 Å². The van der Waals surface area contributed by atoms with Crippen LogP contribution in [0.1, 0.15) is 40.8 Å². The van der Waals surface area contributed by atoms with Crippen LogP contribution in [0.25, 0.3) is 17.1 Å². The smallest absolute Gasteiger partial charge is 0.273 e. The second-order valence-corrected chi connectivity index (χ2v) is 11.0. The number of pyridine rings is 1. The third-order valence-corrected chi connectivity index (χ3v) is 8.36. The molecule has 0 aliphatic carbocycles. The third kappa shape index (κ3) is 5.27. The van der Waals surface area contributed by atoms with Crippen LogP contribution >= 0.6 is 34.7 Å². The maximum atomic E-state index is 12.9. The summed E-state index contributed by atoms with van der Waals surface area (Å²) in [5.41, 5.74) is 3.43. The van der Waals surface area contributed by atoms with E-state index in [2.05, 4.69) is 27.1 Å². The second-order valence-electron chi connectivity index (χ2n) is 8.70. The molecule has 0 saturated carbocycles. The standard InChI is InChI=1S/C25H25ClN6OS2/c1-16-7-11-31(12-8-16)24(33)20-14-34-22(28-20)15-35-25-30-29-23(18-5-9-27-10-6-18)32(25)21-13-19(26)4-3-17(21)2/h3-6,9-10,13-14,16H,7-8,11-12,15H2,1-2H3. The lowest BCUT2D eigenvalue weighted by atomic mass is 9.99. The van der Waals surface area contributed by atoms with Gasteiger partial charge in [-0.05, 0) is 55.5 Å². The topological polar surface area (TPSA) is 76.8 Å². The van der Waals surface area contributed by atoms with Gasteiger partial charge in [0.25, 0.3) is 5.91 Å². The first-order valence-corrected chi connectivity index (χ1v) is 13.7. The number of aryl methyl sites for hydroxylation is 1. The minimum Gasteiger partial charge on any atom is -0.337 e. The molecule has 35 heavy (non-hydrogen) atoms. The second kappa shape index (κ2) is 10.5. The Labute approximate surface area is 217 Å². The molecule has 10 heteroatoms. The van der Waals surface area contributed by atoms with Crippen molar-refractivity contribution in [3.05, 3.63) is 69.4 Å². The monoisotopic (exact) mass is 524 g/mol. The van der Waals surface area contributed by atoms with Gasteiger partial charge in [0, 0.05) is 41.4 Å². The minimum atomic E-state index is 0.0297. The van der Waals surface area contributed by atoms with Crippen molar-refractivity contribution in [2.24, 2.45) is 5.92 Å². The Balaban J connectivity index is 1.39. The first-order chi connectivity index (χ1) is 17.0. The molecule has 0 radical (unpaired) electrons. The Morgan fingerprint density at radius 1 is 1.17 bits per heavy atom. The number of halogens is 1. The molecule has 180 valence electrons. The number of carbonyl (C=O) groups is 1.